The van der Waals surface area contributed by atoms with Gasteiger partial charge in [-0.25, -0.2) is 0 Å². The Kier molecular flexibility index (Phi) is 11.1. The fourth-order valence-electron chi connectivity index (χ4n) is 6.87. The van der Waals surface area contributed by atoms with E-state index < -0.39 is 8.07 Å². The van der Waals surface area contributed by atoms with Crippen molar-refractivity contribution in [2.24, 2.45) is 5.92 Å². The topological polar surface area (TPSA) is 43.9 Å². The van der Waals surface area contributed by atoms with E-state index in [1.54, 1.807) is 0 Å². The first kappa shape index (κ1) is 38.1. The Morgan fingerprint density at radius 2 is 1.49 bits per heavy atom. The van der Waals surface area contributed by atoms with Gasteiger partial charge in [-0.05, 0) is 69.2 Å². The van der Waals surface area contributed by atoms with Crippen molar-refractivity contribution >= 4 is 46.0 Å². The molecule has 0 aliphatic heterocycles. The predicted octanol–water partition coefficient (Wildman–Crippen LogP) is 12.0. The number of aromatic nitrogens is 3. The molecule has 1 radical (unpaired) electrons. The number of para-hydroxylation sites is 2. The summed E-state index contributed by atoms with van der Waals surface area (Å²) in [5, 5.41) is 4.84. The van der Waals surface area contributed by atoms with Gasteiger partial charge in [0.2, 0.25) is 0 Å². The Bertz CT molecular complexity index is 2480. The first-order valence-corrected chi connectivity index (χ1v) is 21.7. The van der Waals surface area contributed by atoms with Gasteiger partial charge in [-0.15, -0.1) is 35.9 Å². The van der Waals surface area contributed by atoms with Gasteiger partial charge in [0.15, 0.2) is 0 Å². The van der Waals surface area contributed by atoms with E-state index in [4.69, 9.17) is 9.40 Å². The van der Waals surface area contributed by atoms with Crippen LogP contribution in [0.2, 0.25) is 19.6 Å². The Labute approximate surface area is 328 Å². The van der Waals surface area contributed by atoms with E-state index >= 15 is 0 Å². The molecular weight excluding hydrogens is 843 g/mol. The molecule has 271 valence electrons. The molecule has 0 spiro atoms. The standard InChI is InChI=1S/C29H23N2O.C18H24NSi.Ir/c1-29(2,3)21-12-14-22(15-13-21)31-26-11-7-6-10-25(26)30-28(31)24-18-32-27-17-20-9-5-4-8-19(20)16-23(24)27;1-14(2)11-16-12-17(15-9-7-6-8-10-15)19-13-18(16)20(3,4)5;/h4-17H,1-3H3;6-9,12-14H,11H2,1-5H3;/q2*-1;. The van der Waals surface area contributed by atoms with Gasteiger partial charge in [0, 0.05) is 43.8 Å². The Morgan fingerprint density at radius 3 is 2.15 bits per heavy atom. The molecule has 3 aromatic heterocycles. The van der Waals surface area contributed by atoms with E-state index in [9.17, 15) is 0 Å². The molecule has 0 fully saturated rings. The summed E-state index contributed by atoms with van der Waals surface area (Å²) in [5.74, 6) is 1.50. The first-order valence-electron chi connectivity index (χ1n) is 18.2. The summed E-state index contributed by atoms with van der Waals surface area (Å²) < 4.78 is 8.09. The Balaban J connectivity index is 0.000000199. The molecule has 8 rings (SSSR count). The molecule has 4 nitrogen and oxygen atoms in total. The van der Waals surface area contributed by atoms with Gasteiger partial charge in [-0.3, -0.25) is 4.98 Å². The Hall–Kier alpha value is -4.61. The largest absolute Gasteiger partial charge is 0.557 e. The van der Waals surface area contributed by atoms with Crippen LogP contribution >= 0.6 is 0 Å². The second-order valence-corrected chi connectivity index (χ2v) is 21.2. The second kappa shape index (κ2) is 15.4. The fraction of sp³-hybridized carbons (Fsp3) is 0.234. The molecule has 8 aromatic rings. The van der Waals surface area contributed by atoms with Crippen molar-refractivity contribution in [2.45, 2.75) is 66.1 Å². The van der Waals surface area contributed by atoms with Crippen molar-refractivity contribution in [3.63, 3.8) is 0 Å². The minimum atomic E-state index is -1.34. The van der Waals surface area contributed by atoms with Gasteiger partial charge >= 0.3 is 0 Å². The number of nitrogens with zero attached hydrogens (tertiary/aromatic N) is 3. The third-order valence-electron chi connectivity index (χ3n) is 9.57. The molecule has 0 saturated carbocycles. The molecule has 6 heteroatoms. The van der Waals surface area contributed by atoms with Crippen LogP contribution in [0.4, 0.5) is 0 Å². The van der Waals surface area contributed by atoms with Gasteiger partial charge in [0.25, 0.3) is 0 Å². The number of hydrogen-bond donors (Lipinski definition) is 0. The molecule has 0 aliphatic rings. The Morgan fingerprint density at radius 1 is 0.811 bits per heavy atom. The zero-order valence-corrected chi connectivity index (χ0v) is 35.3. The monoisotopic (exact) mass is 890 g/mol. The van der Waals surface area contributed by atoms with Crippen molar-refractivity contribution < 1.29 is 24.5 Å². The van der Waals surface area contributed by atoms with Crippen LogP contribution in [-0.2, 0) is 31.9 Å². The third-order valence-corrected chi connectivity index (χ3v) is 11.6. The molecule has 0 saturated heterocycles. The van der Waals surface area contributed by atoms with E-state index in [0.717, 1.165) is 62.1 Å². The molecule has 0 N–H and O–H groups in total. The second-order valence-electron chi connectivity index (χ2n) is 16.2. The maximum atomic E-state index is 5.88. The van der Waals surface area contributed by atoms with E-state index in [0.29, 0.717) is 5.92 Å². The van der Waals surface area contributed by atoms with Gasteiger partial charge in [0.1, 0.15) is 0 Å². The fourth-order valence-corrected chi connectivity index (χ4v) is 8.46. The van der Waals surface area contributed by atoms with Crippen molar-refractivity contribution in [1.82, 2.24) is 14.5 Å². The number of rotatable bonds is 6. The number of benzene rings is 5. The summed E-state index contributed by atoms with van der Waals surface area (Å²) in [7, 11) is -1.34. The summed E-state index contributed by atoms with van der Waals surface area (Å²) in [5.41, 5.74) is 9.80. The van der Waals surface area contributed by atoms with Crippen molar-refractivity contribution in [2.75, 3.05) is 0 Å². The molecular formula is C47H47IrN3OSi-2. The van der Waals surface area contributed by atoms with Gasteiger partial charge < -0.3 is 14.0 Å². The van der Waals surface area contributed by atoms with Crippen LogP contribution in [-0.4, -0.2) is 22.6 Å². The van der Waals surface area contributed by atoms with Crippen molar-refractivity contribution in [3.05, 3.63) is 145 Å². The smallest absolute Gasteiger partial charge is 0.0798 e. The molecule has 0 atom stereocenters. The molecule has 5 aromatic carbocycles. The summed E-state index contributed by atoms with van der Waals surface area (Å²) in [6.07, 6.45) is 6.39. The van der Waals surface area contributed by atoms with Crippen LogP contribution in [0.25, 0.3) is 61.1 Å². The van der Waals surface area contributed by atoms with Crippen LogP contribution in [0, 0.1) is 18.2 Å². The SMILES string of the molecule is CC(C)(C)c1ccc(-n2c(-c3[c-]oc4cc5ccccc5cc34)nc3ccccc32)cc1.CC(C)Cc1cc(-c2[c-]cccc2)ncc1[Si](C)(C)C.[Ir]. The van der Waals surface area contributed by atoms with E-state index in [-0.39, 0.29) is 25.5 Å². The minimum Gasteiger partial charge on any atom is -0.557 e. The van der Waals surface area contributed by atoms with Crippen molar-refractivity contribution in [3.8, 4) is 28.3 Å². The minimum absolute atomic E-state index is 0. The maximum Gasteiger partial charge on any atom is 0.0798 e. The van der Waals surface area contributed by atoms with E-state index in [1.165, 1.54) is 21.7 Å². The zero-order valence-electron chi connectivity index (χ0n) is 31.9. The molecule has 0 amide bonds. The number of pyridine rings is 1. The molecule has 53 heavy (non-hydrogen) atoms. The van der Waals surface area contributed by atoms with Crippen LogP contribution in [0.1, 0.15) is 45.7 Å². The van der Waals surface area contributed by atoms with Crippen LogP contribution < -0.4 is 5.19 Å². The van der Waals surface area contributed by atoms with Gasteiger partial charge in [-0.1, -0.05) is 138 Å². The number of hydrogen-bond acceptors (Lipinski definition) is 3. The summed E-state index contributed by atoms with van der Waals surface area (Å²) in [6.45, 7) is 18.4. The molecule has 0 unspecified atom stereocenters. The average molecular weight is 890 g/mol. The molecule has 0 bridgehead atoms. The normalized spacial score (nSPS) is 11.9. The zero-order chi connectivity index (χ0) is 36.6. The quantitative estimate of drug-likeness (QED) is 0.123. The van der Waals surface area contributed by atoms with E-state index in [1.807, 2.05) is 30.3 Å². The molecule has 0 aliphatic carbocycles. The number of fused-ring (bicyclic) bond motifs is 3. The maximum absolute atomic E-state index is 5.88. The summed E-state index contributed by atoms with van der Waals surface area (Å²) in [4.78, 5) is 9.69. The van der Waals surface area contributed by atoms with Gasteiger partial charge in [-0.2, -0.15) is 0 Å². The first-order chi connectivity index (χ1) is 24.9. The summed E-state index contributed by atoms with van der Waals surface area (Å²) >= 11 is 0. The van der Waals surface area contributed by atoms with Crippen LogP contribution in [0.3, 0.4) is 0 Å². The number of imidazole rings is 1. The molecule has 3 heterocycles. The average Bonchev–Trinajstić information content (AvgIpc) is 3.71. The third kappa shape index (κ3) is 8.16. The summed E-state index contributed by atoms with van der Waals surface area (Å²) in [6, 6.07) is 43.2. The van der Waals surface area contributed by atoms with Crippen LogP contribution in [0.15, 0.2) is 126 Å². The van der Waals surface area contributed by atoms with E-state index in [2.05, 4.69) is 167 Å². The van der Waals surface area contributed by atoms with Crippen molar-refractivity contribution in [1.29, 1.82) is 0 Å². The predicted molar refractivity (Wildman–Crippen MR) is 221 cm³/mol. The number of furan rings is 1. The van der Waals surface area contributed by atoms with Gasteiger partial charge in [0.05, 0.1) is 24.9 Å². The van der Waals surface area contributed by atoms with Crippen LogP contribution in [0.5, 0.6) is 0 Å².